The summed E-state index contributed by atoms with van der Waals surface area (Å²) in [5.41, 5.74) is 7.21. The van der Waals surface area contributed by atoms with E-state index in [9.17, 15) is 18.0 Å². The number of amides is 1. The highest BCUT2D eigenvalue weighted by Crippen LogP contribution is 2.33. The Labute approximate surface area is 176 Å². The number of imidazole rings is 1. The van der Waals surface area contributed by atoms with E-state index in [1.807, 2.05) is 28.8 Å². The highest BCUT2D eigenvalue weighted by Gasteiger charge is 2.32. The summed E-state index contributed by atoms with van der Waals surface area (Å²) in [6.45, 7) is 0.977. The third-order valence-electron chi connectivity index (χ3n) is 5.38. The molecule has 30 heavy (non-hydrogen) atoms. The Morgan fingerprint density at radius 1 is 1.23 bits per heavy atom. The predicted molar refractivity (Wildman–Crippen MR) is 109 cm³/mol. The first-order valence-electron chi connectivity index (χ1n) is 9.59. The average Bonchev–Trinajstić information content (AvgIpc) is 3.02. The SMILES string of the molecule is Nc1nc2ccccc2n1[C@H]1CCCN(C(=O)Cc2cc(Cl)cc(C(F)(F)F)c2)C1. The van der Waals surface area contributed by atoms with Crippen molar-refractivity contribution in [1.82, 2.24) is 14.5 Å². The quantitative estimate of drug-likeness (QED) is 0.647. The minimum absolute atomic E-state index is 0.0400. The fourth-order valence-corrected chi connectivity index (χ4v) is 4.30. The summed E-state index contributed by atoms with van der Waals surface area (Å²) in [6, 6.07) is 10.8. The number of anilines is 1. The molecule has 9 heteroatoms. The number of piperidine rings is 1. The van der Waals surface area contributed by atoms with E-state index < -0.39 is 11.7 Å². The second kappa shape index (κ2) is 7.83. The van der Waals surface area contributed by atoms with E-state index in [-0.39, 0.29) is 29.0 Å². The van der Waals surface area contributed by atoms with Crippen molar-refractivity contribution >= 4 is 34.5 Å². The molecule has 1 aromatic heterocycles. The van der Waals surface area contributed by atoms with E-state index >= 15 is 0 Å². The summed E-state index contributed by atoms with van der Waals surface area (Å²) in [6.07, 6.45) is -3.05. The molecule has 5 nitrogen and oxygen atoms in total. The Kier molecular flexibility index (Phi) is 5.36. The van der Waals surface area contributed by atoms with Gasteiger partial charge >= 0.3 is 6.18 Å². The van der Waals surface area contributed by atoms with Gasteiger partial charge in [-0.3, -0.25) is 4.79 Å². The Balaban J connectivity index is 1.53. The molecule has 1 saturated heterocycles. The molecule has 1 amide bonds. The molecule has 1 aliphatic rings. The van der Waals surface area contributed by atoms with Crippen LogP contribution in [0, 0.1) is 0 Å². The van der Waals surface area contributed by atoms with Crippen LogP contribution in [0.2, 0.25) is 5.02 Å². The first-order chi connectivity index (χ1) is 14.2. The topological polar surface area (TPSA) is 64.2 Å². The van der Waals surface area contributed by atoms with Crippen molar-refractivity contribution in [3.63, 3.8) is 0 Å². The molecule has 1 atom stereocenters. The molecule has 158 valence electrons. The first kappa shape index (κ1) is 20.5. The Morgan fingerprint density at radius 3 is 2.77 bits per heavy atom. The zero-order chi connectivity index (χ0) is 21.5. The average molecular weight is 437 g/mol. The van der Waals surface area contributed by atoms with Gasteiger partial charge in [-0.05, 0) is 48.7 Å². The van der Waals surface area contributed by atoms with Gasteiger partial charge in [-0.25, -0.2) is 4.98 Å². The number of aromatic nitrogens is 2. The second-order valence-corrected chi connectivity index (χ2v) is 7.92. The molecular weight excluding hydrogens is 417 g/mol. The number of fused-ring (bicyclic) bond motifs is 1. The minimum atomic E-state index is -4.51. The lowest BCUT2D eigenvalue weighted by molar-refractivity contribution is -0.138. The Morgan fingerprint density at radius 2 is 2.00 bits per heavy atom. The lowest BCUT2D eigenvalue weighted by Gasteiger charge is -2.34. The lowest BCUT2D eigenvalue weighted by atomic mass is 10.0. The fraction of sp³-hybridized carbons (Fsp3) is 0.333. The van der Waals surface area contributed by atoms with Crippen molar-refractivity contribution < 1.29 is 18.0 Å². The summed E-state index contributed by atoms with van der Waals surface area (Å²) >= 11 is 5.84. The maximum Gasteiger partial charge on any atom is 0.416 e. The van der Waals surface area contributed by atoms with Crippen LogP contribution in [0.4, 0.5) is 19.1 Å². The van der Waals surface area contributed by atoms with Crippen molar-refractivity contribution in [3.8, 4) is 0 Å². The number of rotatable bonds is 3. The van der Waals surface area contributed by atoms with E-state index in [0.29, 0.717) is 19.0 Å². The summed E-state index contributed by atoms with van der Waals surface area (Å²) in [4.78, 5) is 18.9. The maximum atomic E-state index is 13.0. The number of benzene rings is 2. The molecule has 4 rings (SSSR count). The number of nitrogen functional groups attached to an aromatic ring is 1. The van der Waals surface area contributed by atoms with Gasteiger partial charge in [0.15, 0.2) is 0 Å². The summed E-state index contributed by atoms with van der Waals surface area (Å²) < 4.78 is 41.1. The number of likely N-dealkylation sites (tertiary alicyclic amines) is 1. The molecule has 2 heterocycles. The number of nitrogens with two attached hydrogens (primary N) is 1. The molecule has 0 radical (unpaired) electrons. The number of hydrogen-bond acceptors (Lipinski definition) is 3. The van der Waals surface area contributed by atoms with Gasteiger partial charge in [0.05, 0.1) is 29.1 Å². The molecule has 2 N–H and O–H groups in total. The normalized spacial score (nSPS) is 17.5. The first-order valence-corrected chi connectivity index (χ1v) is 9.97. The number of nitrogens with zero attached hydrogens (tertiary/aromatic N) is 3. The minimum Gasteiger partial charge on any atom is -0.369 e. The van der Waals surface area contributed by atoms with Crippen LogP contribution in [0.3, 0.4) is 0 Å². The largest absolute Gasteiger partial charge is 0.416 e. The third-order valence-corrected chi connectivity index (χ3v) is 5.60. The van der Waals surface area contributed by atoms with Crippen LogP contribution in [-0.2, 0) is 17.4 Å². The van der Waals surface area contributed by atoms with Crippen LogP contribution in [0.25, 0.3) is 11.0 Å². The zero-order valence-corrected chi connectivity index (χ0v) is 16.7. The van der Waals surface area contributed by atoms with E-state index in [1.54, 1.807) is 4.90 Å². The van der Waals surface area contributed by atoms with Crippen LogP contribution in [0.5, 0.6) is 0 Å². The highest BCUT2D eigenvalue weighted by molar-refractivity contribution is 6.30. The molecule has 2 aromatic carbocycles. The van der Waals surface area contributed by atoms with Gasteiger partial charge in [0.1, 0.15) is 0 Å². The number of halogens is 4. The summed E-state index contributed by atoms with van der Waals surface area (Å²) in [5.74, 6) is 0.151. The van der Waals surface area contributed by atoms with Crippen molar-refractivity contribution in [2.24, 2.45) is 0 Å². The summed E-state index contributed by atoms with van der Waals surface area (Å²) in [7, 11) is 0. The van der Waals surface area contributed by atoms with E-state index in [1.165, 1.54) is 6.07 Å². The predicted octanol–water partition coefficient (Wildman–Crippen LogP) is 4.70. The van der Waals surface area contributed by atoms with Crippen molar-refractivity contribution in [2.45, 2.75) is 31.5 Å². The van der Waals surface area contributed by atoms with E-state index in [2.05, 4.69) is 4.98 Å². The second-order valence-electron chi connectivity index (χ2n) is 7.49. The molecule has 0 bridgehead atoms. The van der Waals surface area contributed by atoms with Gasteiger partial charge in [0, 0.05) is 18.1 Å². The molecular formula is C21H20ClF3N4O. The van der Waals surface area contributed by atoms with Crippen molar-refractivity contribution in [1.29, 1.82) is 0 Å². The zero-order valence-electron chi connectivity index (χ0n) is 16.0. The van der Waals surface area contributed by atoms with Gasteiger partial charge in [-0.2, -0.15) is 13.2 Å². The van der Waals surface area contributed by atoms with Gasteiger partial charge in [-0.15, -0.1) is 0 Å². The van der Waals surface area contributed by atoms with Crippen LogP contribution in [0.1, 0.15) is 30.0 Å². The standard InChI is InChI=1S/C21H20ClF3N4O/c22-15-9-13(8-14(11-15)21(23,24)25)10-19(30)28-7-3-4-16(12-28)29-18-6-2-1-5-17(18)27-20(29)26/h1-2,5-6,8-9,11,16H,3-4,7,10,12H2,(H2,26,27)/t16-/m0/s1. The molecule has 1 aliphatic heterocycles. The van der Waals surface area contributed by atoms with E-state index in [4.69, 9.17) is 17.3 Å². The van der Waals surface area contributed by atoms with Crippen LogP contribution >= 0.6 is 11.6 Å². The molecule has 1 fully saturated rings. The Hall–Kier alpha value is -2.74. The van der Waals surface area contributed by atoms with Gasteiger partial charge in [-0.1, -0.05) is 23.7 Å². The third kappa shape index (κ3) is 4.09. The highest BCUT2D eigenvalue weighted by atomic mass is 35.5. The number of alkyl halides is 3. The van der Waals surface area contributed by atoms with Gasteiger partial charge < -0.3 is 15.2 Å². The number of hydrogen-bond donors (Lipinski definition) is 1. The van der Waals surface area contributed by atoms with Crippen molar-refractivity contribution in [2.75, 3.05) is 18.8 Å². The Bertz CT molecular complexity index is 1100. The van der Waals surface area contributed by atoms with Crippen LogP contribution in [-0.4, -0.2) is 33.4 Å². The monoisotopic (exact) mass is 436 g/mol. The van der Waals surface area contributed by atoms with Crippen LogP contribution < -0.4 is 5.73 Å². The molecule has 0 saturated carbocycles. The number of carbonyl (C=O) groups excluding carboxylic acids is 1. The van der Waals surface area contributed by atoms with Crippen molar-refractivity contribution in [3.05, 3.63) is 58.6 Å². The smallest absolute Gasteiger partial charge is 0.369 e. The van der Waals surface area contributed by atoms with Crippen LogP contribution in [0.15, 0.2) is 42.5 Å². The maximum absolute atomic E-state index is 13.0. The summed E-state index contributed by atoms with van der Waals surface area (Å²) in [5, 5.41) is -0.0400. The fourth-order valence-electron chi connectivity index (χ4n) is 4.04. The number of para-hydroxylation sites is 2. The van der Waals surface area contributed by atoms with E-state index in [0.717, 1.165) is 36.0 Å². The lowest BCUT2D eigenvalue weighted by Crippen LogP contribution is -2.41. The molecule has 0 aliphatic carbocycles. The number of carbonyl (C=O) groups is 1. The molecule has 3 aromatic rings. The van der Waals surface area contributed by atoms with Gasteiger partial charge in [0.25, 0.3) is 0 Å². The van der Waals surface area contributed by atoms with Gasteiger partial charge in [0.2, 0.25) is 11.9 Å². The molecule has 0 spiro atoms. The molecule has 0 unspecified atom stereocenters.